The Hall–Kier alpha value is -1.10. The molecule has 5 heteroatoms. The van der Waals surface area contributed by atoms with Crippen LogP contribution in [-0.4, -0.2) is 36.5 Å². The zero-order valence-electron chi connectivity index (χ0n) is 9.53. The summed E-state index contributed by atoms with van der Waals surface area (Å²) in [6, 6.07) is 7.34. The second-order valence-corrected chi connectivity index (χ2v) is 4.78. The van der Waals surface area contributed by atoms with E-state index in [2.05, 4.69) is 10.2 Å². The molecule has 0 saturated carbocycles. The van der Waals surface area contributed by atoms with Gasteiger partial charge in [-0.1, -0.05) is 17.7 Å². The lowest BCUT2D eigenvalue weighted by Crippen LogP contribution is -2.33. The highest BCUT2D eigenvalue weighted by Crippen LogP contribution is 2.15. The van der Waals surface area contributed by atoms with Crippen LogP contribution in [0.5, 0.6) is 0 Å². The molecule has 0 aliphatic carbocycles. The normalized spacial score (nSPS) is 20.5. The van der Waals surface area contributed by atoms with Gasteiger partial charge >= 0.3 is 0 Å². The molecular weight excluding hydrogens is 238 g/mol. The van der Waals surface area contributed by atoms with Crippen molar-refractivity contribution in [3.63, 3.8) is 0 Å². The molecule has 0 radical (unpaired) electrons. The first-order valence-corrected chi connectivity index (χ1v) is 6.04. The van der Waals surface area contributed by atoms with Gasteiger partial charge in [0.2, 0.25) is 5.91 Å². The molecule has 3 N–H and O–H groups in total. The van der Waals surface area contributed by atoms with Crippen LogP contribution >= 0.6 is 11.6 Å². The number of nitrogens with two attached hydrogens (primary N) is 1. The molecule has 1 aromatic carbocycles. The van der Waals surface area contributed by atoms with Crippen molar-refractivity contribution in [1.29, 1.82) is 0 Å². The van der Waals surface area contributed by atoms with Crippen LogP contribution in [0.4, 0.5) is 5.69 Å². The van der Waals surface area contributed by atoms with Gasteiger partial charge in [0.05, 0.1) is 6.54 Å². The first kappa shape index (κ1) is 12.4. The van der Waals surface area contributed by atoms with Gasteiger partial charge in [0, 0.05) is 29.8 Å². The van der Waals surface area contributed by atoms with E-state index in [1.165, 1.54) is 0 Å². The summed E-state index contributed by atoms with van der Waals surface area (Å²) < 4.78 is 0. The molecule has 92 valence electrons. The topological polar surface area (TPSA) is 58.4 Å². The average Bonchev–Trinajstić information content (AvgIpc) is 2.63. The van der Waals surface area contributed by atoms with Gasteiger partial charge in [0.1, 0.15) is 0 Å². The quantitative estimate of drug-likeness (QED) is 0.854. The molecule has 1 fully saturated rings. The summed E-state index contributed by atoms with van der Waals surface area (Å²) in [6.45, 7) is 2.08. The number of nitrogens with one attached hydrogen (secondary N) is 1. The Morgan fingerprint density at radius 2 is 2.41 bits per heavy atom. The number of benzene rings is 1. The third-order valence-corrected chi connectivity index (χ3v) is 3.02. The van der Waals surface area contributed by atoms with Gasteiger partial charge in [-0.25, -0.2) is 0 Å². The number of carbonyl (C=O) groups excluding carboxylic acids is 1. The number of carbonyl (C=O) groups is 1. The third kappa shape index (κ3) is 3.70. The van der Waals surface area contributed by atoms with Crippen LogP contribution in [0.1, 0.15) is 6.42 Å². The van der Waals surface area contributed by atoms with Gasteiger partial charge < -0.3 is 11.1 Å². The lowest BCUT2D eigenvalue weighted by molar-refractivity contribution is -0.117. The van der Waals surface area contributed by atoms with E-state index >= 15 is 0 Å². The number of anilines is 1. The fourth-order valence-electron chi connectivity index (χ4n) is 1.98. The largest absolute Gasteiger partial charge is 0.326 e. The first-order chi connectivity index (χ1) is 8.13. The van der Waals surface area contributed by atoms with Crippen molar-refractivity contribution in [2.24, 2.45) is 5.73 Å². The SMILES string of the molecule is N[C@H]1CCN(CC(=O)Nc2cccc(Cl)c2)C1. The van der Waals surface area contributed by atoms with Gasteiger partial charge in [0.15, 0.2) is 0 Å². The Kier molecular flexibility index (Phi) is 3.99. The summed E-state index contributed by atoms with van der Waals surface area (Å²) >= 11 is 5.84. The van der Waals surface area contributed by atoms with Crippen LogP contribution in [0, 0.1) is 0 Å². The monoisotopic (exact) mass is 253 g/mol. The predicted molar refractivity (Wildman–Crippen MR) is 69.1 cm³/mol. The van der Waals surface area contributed by atoms with E-state index in [4.69, 9.17) is 17.3 Å². The molecule has 1 atom stereocenters. The van der Waals surface area contributed by atoms with Crippen LogP contribution in [0.15, 0.2) is 24.3 Å². The average molecular weight is 254 g/mol. The summed E-state index contributed by atoms with van der Waals surface area (Å²) in [5.74, 6) is -0.0265. The molecule has 17 heavy (non-hydrogen) atoms. The first-order valence-electron chi connectivity index (χ1n) is 5.67. The van der Waals surface area contributed by atoms with Crippen molar-refractivity contribution < 1.29 is 4.79 Å². The van der Waals surface area contributed by atoms with Crippen LogP contribution in [0.25, 0.3) is 0 Å². The standard InChI is InChI=1S/C12H16ClN3O/c13-9-2-1-3-11(6-9)15-12(17)8-16-5-4-10(14)7-16/h1-3,6,10H,4-5,7-8,14H2,(H,15,17)/t10-/m0/s1. The van der Waals surface area contributed by atoms with Crippen LogP contribution < -0.4 is 11.1 Å². The minimum absolute atomic E-state index is 0.0265. The van der Waals surface area contributed by atoms with Gasteiger partial charge in [-0.05, 0) is 24.6 Å². The Morgan fingerprint density at radius 3 is 3.06 bits per heavy atom. The van der Waals surface area contributed by atoms with E-state index in [1.54, 1.807) is 12.1 Å². The number of amides is 1. The molecular formula is C12H16ClN3O. The maximum Gasteiger partial charge on any atom is 0.238 e. The highest BCUT2D eigenvalue weighted by atomic mass is 35.5. The van der Waals surface area contributed by atoms with Crippen LogP contribution in [-0.2, 0) is 4.79 Å². The smallest absolute Gasteiger partial charge is 0.238 e. The van der Waals surface area contributed by atoms with E-state index in [0.29, 0.717) is 11.6 Å². The maximum absolute atomic E-state index is 11.7. The summed E-state index contributed by atoms with van der Waals surface area (Å²) in [4.78, 5) is 13.8. The van der Waals surface area contributed by atoms with Crippen molar-refractivity contribution in [1.82, 2.24) is 4.90 Å². The fourth-order valence-corrected chi connectivity index (χ4v) is 2.17. The van der Waals surface area contributed by atoms with Gasteiger partial charge in [-0.3, -0.25) is 9.69 Å². The summed E-state index contributed by atoms with van der Waals surface area (Å²) in [5.41, 5.74) is 6.51. The molecule has 1 heterocycles. The number of rotatable bonds is 3. The second kappa shape index (κ2) is 5.49. The molecule has 1 saturated heterocycles. The van der Waals surface area contributed by atoms with E-state index in [1.807, 2.05) is 12.1 Å². The summed E-state index contributed by atoms with van der Waals surface area (Å²) in [6.07, 6.45) is 0.963. The van der Waals surface area contributed by atoms with Gasteiger partial charge in [0.25, 0.3) is 0 Å². The van der Waals surface area contributed by atoms with Crippen molar-refractivity contribution in [3.05, 3.63) is 29.3 Å². The Labute approximate surface area is 106 Å². The van der Waals surface area contributed by atoms with Crippen molar-refractivity contribution >= 4 is 23.2 Å². The zero-order valence-corrected chi connectivity index (χ0v) is 10.3. The molecule has 1 aliphatic rings. The maximum atomic E-state index is 11.7. The van der Waals surface area contributed by atoms with Crippen LogP contribution in [0.2, 0.25) is 5.02 Å². The number of nitrogens with zero attached hydrogens (tertiary/aromatic N) is 1. The molecule has 1 aliphatic heterocycles. The van der Waals surface area contributed by atoms with Crippen molar-refractivity contribution in [2.75, 3.05) is 25.0 Å². The second-order valence-electron chi connectivity index (χ2n) is 4.34. The number of halogens is 1. The predicted octanol–water partition coefficient (Wildman–Crippen LogP) is 1.31. The summed E-state index contributed by atoms with van der Waals surface area (Å²) in [7, 11) is 0. The van der Waals surface area contributed by atoms with E-state index in [-0.39, 0.29) is 11.9 Å². The highest BCUT2D eigenvalue weighted by Gasteiger charge is 2.20. The molecule has 4 nitrogen and oxygen atoms in total. The molecule has 1 aromatic rings. The van der Waals surface area contributed by atoms with Crippen LogP contribution in [0.3, 0.4) is 0 Å². The van der Waals surface area contributed by atoms with Crippen molar-refractivity contribution in [2.45, 2.75) is 12.5 Å². The Morgan fingerprint density at radius 1 is 1.59 bits per heavy atom. The van der Waals surface area contributed by atoms with E-state index < -0.39 is 0 Å². The number of likely N-dealkylation sites (tertiary alicyclic amines) is 1. The lowest BCUT2D eigenvalue weighted by atomic mass is 10.3. The number of hydrogen-bond acceptors (Lipinski definition) is 3. The minimum Gasteiger partial charge on any atom is -0.326 e. The Bertz CT molecular complexity index is 410. The molecule has 1 amide bonds. The molecule has 0 aromatic heterocycles. The van der Waals surface area contributed by atoms with Crippen molar-refractivity contribution in [3.8, 4) is 0 Å². The summed E-state index contributed by atoms with van der Waals surface area (Å²) in [5, 5.41) is 3.44. The number of hydrogen-bond donors (Lipinski definition) is 2. The fraction of sp³-hybridized carbons (Fsp3) is 0.417. The zero-order chi connectivity index (χ0) is 12.3. The van der Waals surface area contributed by atoms with E-state index in [0.717, 1.165) is 25.2 Å². The Balaban J connectivity index is 1.85. The third-order valence-electron chi connectivity index (χ3n) is 2.78. The highest BCUT2D eigenvalue weighted by molar-refractivity contribution is 6.30. The van der Waals surface area contributed by atoms with Gasteiger partial charge in [-0.2, -0.15) is 0 Å². The lowest BCUT2D eigenvalue weighted by Gasteiger charge is -2.14. The molecule has 2 rings (SSSR count). The molecule has 0 bridgehead atoms. The molecule has 0 spiro atoms. The van der Waals surface area contributed by atoms with E-state index in [9.17, 15) is 4.79 Å². The van der Waals surface area contributed by atoms with Gasteiger partial charge in [-0.15, -0.1) is 0 Å². The molecule has 0 unspecified atom stereocenters. The minimum atomic E-state index is -0.0265.